The molecule has 0 aromatic heterocycles. The maximum absolute atomic E-state index is 12.3. The van der Waals surface area contributed by atoms with Crippen LogP contribution in [0.2, 0.25) is 0 Å². The van der Waals surface area contributed by atoms with E-state index in [2.05, 4.69) is 4.74 Å². The van der Waals surface area contributed by atoms with E-state index in [1.165, 1.54) is 7.11 Å². The van der Waals surface area contributed by atoms with Crippen molar-refractivity contribution >= 4 is 11.9 Å². The number of carbonyl (C=O) groups excluding carboxylic acids is 2. The second-order valence-electron chi connectivity index (χ2n) is 4.75. The minimum absolute atomic E-state index is 0.0302. The number of hydrogen-bond acceptors (Lipinski definition) is 5. The Bertz CT molecular complexity index is 499. The molecule has 0 bridgehead atoms. The highest BCUT2D eigenvalue weighted by atomic mass is 16.6. The van der Waals surface area contributed by atoms with Gasteiger partial charge in [-0.15, -0.1) is 0 Å². The number of rotatable bonds is 4. The van der Waals surface area contributed by atoms with Gasteiger partial charge in [-0.1, -0.05) is 12.1 Å². The summed E-state index contributed by atoms with van der Waals surface area (Å²) in [7, 11) is 2.91. The number of benzene rings is 1. The number of morpholine rings is 1. The minimum atomic E-state index is -0.691. The zero-order valence-corrected chi connectivity index (χ0v) is 12.2. The van der Waals surface area contributed by atoms with Crippen LogP contribution in [0.1, 0.15) is 5.56 Å². The van der Waals surface area contributed by atoms with Crippen molar-refractivity contribution in [2.24, 2.45) is 0 Å². The Labute approximate surface area is 123 Å². The molecule has 114 valence electrons. The van der Waals surface area contributed by atoms with Crippen LogP contribution in [0.15, 0.2) is 24.3 Å². The van der Waals surface area contributed by atoms with Crippen molar-refractivity contribution in [3.8, 4) is 5.75 Å². The van der Waals surface area contributed by atoms with Gasteiger partial charge < -0.3 is 19.1 Å². The van der Waals surface area contributed by atoms with Gasteiger partial charge in [0.05, 0.1) is 33.8 Å². The normalized spacial score (nSPS) is 18.2. The lowest BCUT2D eigenvalue weighted by Gasteiger charge is -2.31. The Morgan fingerprint density at radius 1 is 1.29 bits per heavy atom. The number of hydrogen-bond donors (Lipinski definition) is 0. The molecule has 1 aromatic carbocycles. The van der Waals surface area contributed by atoms with Gasteiger partial charge in [0.1, 0.15) is 5.75 Å². The summed E-state index contributed by atoms with van der Waals surface area (Å²) < 4.78 is 15.0. The van der Waals surface area contributed by atoms with Crippen molar-refractivity contribution < 1.29 is 23.8 Å². The lowest BCUT2D eigenvalue weighted by molar-refractivity contribution is -0.162. The van der Waals surface area contributed by atoms with E-state index in [1.807, 2.05) is 24.3 Å². The van der Waals surface area contributed by atoms with E-state index in [1.54, 1.807) is 12.0 Å². The monoisotopic (exact) mass is 293 g/mol. The van der Waals surface area contributed by atoms with Gasteiger partial charge in [-0.05, 0) is 17.7 Å². The van der Waals surface area contributed by atoms with Crippen molar-refractivity contribution in [1.29, 1.82) is 0 Å². The smallest absolute Gasteiger partial charge is 0.336 e. The summed E-state index contributed by atoms with van der Waals surface area (Å²) in [6.07, 6.45) is -0.402. The summed E-state index contributed by atoms with van der Waals surface area (Å²) in [6.45, 7) is 1.07. The van der Waals surface area contributed by atoms with Gasteiger partial charge in [0.2, 0.25) is 5.91 Å². The number of ether oxygens (including phenoxy) is 3. The number of amides is 1. The van der Waals surface area contributed by atoms with E-state index in [0.717, 1.165) is 11.3 Å². The summed E-state index contributed by atoms with van der Waals surface area (Å²) in [5.41, 5.74) is 0.905. The molecule has 0 N–H and O–H groups in total. The van der Waals surface area contributed by atoms with Gasteiger partial charge in [0, 0.05) is 6.54 Å². The zero-order valence-electron chi connectivity index (χ0n) is 12.2. The van der Waals surface area contributed by atoms with E-state index in [0.29, 0.717) is 13.2 Å². The van der Waals surface area contributed by atoms with Crippen molar-refractivity contribution in [3.63, 3.8) is 0 Å². The van der Waals surface area contributed by atoms with Crippen LogP contribution in [0.3, 0.4) is 0 Å². The fourth-order valence-corrected chi connectivity index (χ4v) is 2.18. The Morgan fingerprint density at radius 2 is 2.00 bits per heavy atom. The van der Waals surface area contributed by atoms with E-state index in [4.69, 9.17) is 9.47 Å². The van der Waals surface area contributed by atoms with Crippen LogP contribution in [-0.4, -0.2) is 56.8 Å². The highest BCUT2D eigenvalue weighted by Gasteiger charge is 2.29. The maximum Gasteiger partial charge on any atom is 0.336 e. The number of methoxy groups -OCH3 is 2. The van der Waals surface area contributed by atoms with Crippen molar-refractivity contribution in [3.05, 3.63) is 29.8 Å². The van der Waals surface area contributed by atoms with Gasteiger partial charge in [0.25, 0.3) is 0 Å². The highest BCUT2D eigenvalue weighted by molar-refractivity contribution is 5.81. The first-order chi connectivity index (χ1) is 10.1. The SMILES string of the molecule is COC(=O)C1CN(C(=O)Cc2ccc(OC)cc2)CCO1. The minimum Gasteiger partial charge on any atom is -0.497 e. The maximum atomic E-state index is 12.3. The molecule has 1 aliphatic heterocycles. The fourth-order valence-electron chi connectivity index (χ4n) is 2.18. The molecule has 21 heavy (non-hydrogen) atoms. The third-order valence-electron chi connectivity index (χ3n) is 3.40. The van der Waals surface area contributed by atoms with Crippen LogP contribution in [0.4, 0.5) is 0 Å². The molecule has 6 nitrogen and oxygen atoms in total. The Kier molecular flexibility index (Phi) is 5.16. The third kappa shape index (κ3) is 3.95. The average molecular weight is 293 g/mol. The number of nitrogens with zero attached hydrogens (tertiary/aromatic N) is 1. The molecule has 1 saturated heterocycles. The van der Waals surface area contributed by atoms with Crippen LogP contribution >= 0.6 is 0 Å². The molecule has 1 amide bonds. The molecule has 1 unspecified atom stereocenters. The summed E-state index contributed by atoms with van der Waals surface area (Å²) >= 11 is 0. The van der Waals surface area contributed by atoms with Gasteiger partial charge in [-0.2, -0.15) is 0 Å². The molecular weight excluding hydrogens is 274 g/mol. The second-order valence-corrected chi connectivity index (χ2v) is 4.75. The zero-order chi connectivity index (χ0) is 15.2. The molecule has 0 aliphatic carbocycles. The van der Waals surface area contributed by atoms with Crippen molar-refractivity contribution in [2.75, 3.05) is 33.9 Å². The Hall–Kier alpha value is -2.08. The largest absolute Gasteiger partial charge is 0.497 e. The van der Waals surface area contributed by atoms with E-state index in [9.17, 15) is 9.59 Å². The second kappa shape index (κ2) is 7.08. The predicted molar refractivity (Wildman–Crippen MR) is 75.0 cm³/mol. The van der Waals surface area contributed by atoms with Gasteiger partial charge in [0.15, 0.2) is 6.10 Å². The Balaban J connectivity index is 1.94. The molecule has 1 aliphatic rings. The molecule has 2 rings (SSSR count). The summed E-state index contributed by atoms with van der Waals surface area (Å²) in [4.78, 5) is 25.4. The van der Waals surface area contributed by atoms with Gasteiger partial charge in [-0.3, -0.25) is 4.79 Å². The first kappa shape index (κ1) is 15.3. The van der Waals surface area contributed by atoms with Crippen LogP contribution in [0, 0.1) is 0 Å². The van der Waals surface area contributed by atoms with Gasteiger partial charge in [-0.25, -0.2) is 4.79 Å². The lowest BCUT2D eigenvalue weighted by atomic mass is 10.1. The number of carbonyl (C=O) groups is 2. The van der Waals surface area contributed by atoms with E-state index < -0.39 is 12.1 Å². The van der Waals surface area contributed by atoms with Crippen LogP contribution in [0.5, 0.6) is 5.75 Å². The quantitative estimate of drug-likeness (QED) is 0.762. The van der Waals surface area contributed by atoms with E-state index in [-0.39, 0.29) is 18.9 Å². The molecule has 1 fully saturated rings. The van der Waals surface area contributed by atoms with E-state index >= 15 is 0 Å². The summed E-state index contributed by atoms with van der Waals surface area (Å²) in [5.74, 6) is 0.276. The topological polar surface area (TPSA) is 65.1 Å². The number of esters is 1. The molecule has 0 spiro atoms. The molecular formula is C15H19NO5. The molecule has 0 saturated carbocycles. The van der Waals surface area contributed by atoms with Crippen molar-refractivity contribution in [2.45, 2.75) is 12.5 Å². The standard InChI is InChI=1S/C15H19NO5/c1-19-12-5-3-11(4-6-12)9-14(17)16-7-8-21-13(10-16)15(18)20-2/h3-6,13H,7-10H2,1-2H3. The van der Waals surface area contributed by atoms with Crippen LogP contribution in [0.25, 0.3) is 0 Å². The molecule has 1 atom stereocenters. The first-order valence-corrected chi connectivity index (χ1v) is 6.74. The average Bonchev–Trinajstić information content (AvgIpc) is 2.55. The lowest BCUT2D eigenvalue weighted by Crippen LogP contribution is -2.49. The van der Waals surface area contributed by atoms with Crippen LogP contribution < -0.4 is 4.74 Å². The predicted octanol–water partition coefficient (Wildman–Crippen LogP) is 0.638. The first-order valence-electron chi connectivity index (χ1n) is 6.74. The molecule has 6 heteroatoms. The molecule has 1 heterocycles. The third-order valence-corrected chi connectivity index (χ3v) is 3.40. The van der Waals surface area contributed by atoms with Crippen molar-refractivity contribution in [1.82, 2.24) is 4.90 Å². The summed E-state index contributed by atoms with van der Waals surface area (Å²) in [5, 5.41) is 0. The fraction of sp³-hybridized carbons (Fsp3) is 0.467. The molecule has 1 aromatic rings. The Morgan fingerprint density at radius 3 is 2.62 bits per heavy atom. The summed E-state index contributed by atoms with van der Waals surface area (Å²) in [6, 6.07) is 7.35. The van der Waals surface area contributed by atoms with Crippen LogP contribution in [-0.2, 0) is 25.5 Å². The molecule has 0 radical (unpaired) electrons. The van der Waals surface area contributed by atoms with Gasteiger partial charge >= 0.3 is 5.97 Å². The highest BCUT2D eigenvalue weighted by Crippen LogP contribution is 2.14.